The molecule has 0 aliphatic heterocycles. The van der Waals surface area contributed by atoms with Gasteiger partial charge in [0.15, 0.2) is 11.0 Å². The highest BCUT2D eigenvalue weighted by Gasteiger charge is 2.22. The van der Waals surface area contributed by atoms with E-state index in [4.69, 9.17) is 0 Å². The predicted molar refractivity (Wildman–Crippen MR) is 164 cm³/mol. The number of rotatable bonds is 12. The Kier molecular flexibility index (Phi) is 10.2. The summed E-state index contributed by atoms with van der Waals surface area (Å²) < 4.78 is 28.7. The molecule has 0 spiro atoms. The van der Waals surface area contributed by atoms with Crippen molar-refractivity contribution in [2.45, 2.75) is 44.3 Å². The van der Waals surface area contributed by atoms with E-state index in [9.17, 15) is 18.0 Å². The zero-order valence-corrected chi connectivity index (χ0v) is 25.6. The lowest BCUT2D eigenvalue weighted by Crippen LogP contribution is -2.30. The maximum absolute atomic E-state index is 12.9. The van der Waals surface area contributed by atoms with E-state index in [1.54, 1.807) is 18.4 Å². The number of benzene rings is 3. The van der Waals surface area contributed by atoms with Gasteiger partial charge in [0.1, 0.15) is 0 Å². The molecule has 4 rings (SSSR count). The van der Waals surface area contributed by atoms with Crippen molar-refractivity contribution in [3.8, 4) is 5.69 Å². The summed E-state index contributed by atoms with van der Waals surface area (Å²) in [5.74, 6) is 0.0461. The minimum atomic E-state index is -3.62. The molecule has 0 bridgehead atoms. The van der Waals surface area contributed by atoms with Gasteiger partial charge < -0.3 is 10.6 Å². The maximum atomic E-state index is 12.9. The Labute approximate surface area is 250 Å². The average Bonchev–Trinajstić information content (AvgIpc) is 3.40. The summed E-state index contributed by atoms with van der Waals surface area (Å²) in [7, 11) is -3.62. The first kappa shape index (κ1) is 30.9. The van der Waals surface area contributed by atoms with Crippen LogP contribution in [0.2, 0.25) is 0 Å². The largest absolute Gasteiger partial charge is 0.345 e. The topological polar surface area (TPSA) is 126 Å². The van der Waals surface area contributed by atoms with E-state index in [1.807, 2.05) is 62.4 Å². The molecule has 2 N–H and O–H groups in total. The zero-order valence-electron chi connectivity index (χ0n) is 24.0. The van der Waals surface area contributed by atoms with Crippen LogP contribution < -0.4 is 10.6 Å². The number of anilines is 1. The van der Waals surface area contributed by atoms with Gasteiger partial charge >= 0.3 is 0 Å². The second-order valence-electron chi connectivity index (χ2n) is 9.52. The van der Waals surface area contributed by atoms with Crippen molar-refractivity contribution in [3.63, 3.8) is 0 Å². The zero-order chi connectivity index (χ0) is 30.3. The SMILES string of the molecule is CCN(CC)S(=O)(=O)c1ccc(C(=O)NCc2nnc(SCC(=O)Nc3cc(C)ccc3C)n2-c2ccccc2)cc1. The smallest absolute Gasteiger partial charge is 0.251 e. The first-order valence-corrected chi connectivity index (χ1v) is 15.9. The molecule has 0 saturated carbocycles. The van der Waals surface area contributed by atoms with Gasteiger partial charge in [-0.2, -0.15) is 4.31 Å². The van der Waals surface area contributed by atoms with E-state index >= 15 is 0 Å². The molecule has 1 heterocycles. The highest BCUT2D eigenvalue weighted by Crippen LogP contribution is 2.23. The Bertz CT molecular complexity index is 1650. The van der Waals surface area contributed by atoms with Crippen LogP contribution in [0.4, 0.5) is 5.69 Å². The molecule has 0 fully saturated rings. The molecule has 12 heteroatoms. The highest BCUT2D eigenvalue weighted by atomic mass is 32.2. The molecule has 0 saturated heterocycles. The van der Waals surface area contributed by atoms with Crippen LogP contribution in [0, 0.1) is 13.8 Å². The van der Waals surface area contributed by atoms with Crippen molar-refractivity contribution < 1.29 is 18.0 Å². The molecule has 42 heavy (non-hydrogen) atoms. The molecule has 0 unspecified atom stereocenters. The summed E-state index contributed by atoms with van der Waals surface area (Å²) in [6.45, 7) is 8.26. The Morgan fingerprint density at radius 3 is 2.29 bits per heavy atom. The summed E-state index contributed by atoms with van der Waals surface area (Å²) in [6, 6.07) is 21.2. The predicted octanol–water partition coefficient (Wildman–Crippen LogP) is 4.58. The van der Waals surface area contributed by atoms with Gasteiger partial charge in [-0.1, -0.05) is 55.9 Å². The number of amides is 2. The van der Waals surface area contributed by atoms with E-state index in [1.165, 1.54) is 40.3 Å². The van der Waals surface area contributed by atoms with Crippen molar-refractivity contribution >= 4 is 39.3 Å². The first-order valence-electron chi connectivity index (χ1n) is 13.5. The summed E-state index contributed by atoms with van der Waals surface area (Å²) in [4.78, 5) is 25.8. The third-order valence-electron chi connectivity index (χ3n) is 6.58. The first-order chi connectivity index (χ1) is 20.1. The average molecular weight is 607 g/mol. The fraction of sp³-hybridized carbons (Fsp3) is 0.267. The van der Waals surface area contributed by atoms with Crippen LogP contribution in [-0.2, 0) is 21.4 Å². The van der Waals surface area contributed by atoms with Crippen LogP contribution in [-0.4, -0.2) is 58.1 Å². The third-order valence-corrected chi connectivity index (χ3v) is 9.57. The van der Waals surface area contributed by atoms with Crippen LogP contribution in [0.25, 0.3) is 5.69 Å². The second kappa shape index (κ2) is 13.8. The third kappa shape index (κ3) is 7.25. The molecular formula is C30H34N6O4S2. The lowest BCUT2D eigenvalue weighted by Gasteiger charge is -2.18. The van der Waals surface area contributed by atoms with Crippen molar-refractivity contribution in [1.82, 2.24) is 24.4 Å². The Morgan fingerprint density at radius 2 is 1.62 bits per heavy atom. The lowest BCUT2D eigenvalue weighted by molar-refractivity contribution is -0.113. The maximum Gasteiger partial charge on any atom is 0.251 e. The fourth-order valence-electron chi connectivity index (χ4n) is 4.28. The van der Waals surface area contributed by atoms with Gasteiger partial charge in [0.2, 0.25) is 15.9 Å². The minimum absolute atomic E-state index is 0.0649. The van der Waals surface area contributed by atoms with Gasteiger partial charge in [0.25, 0.3) is 5.91 Å². The number of sulfonamides is 1. The van der Waals surface area contributed by atoms with Gasteiger partial charge in [0, 0.05) is 30.0 Å². The van der Waals surface area contributed by atoms with Crippen molar-refractivity contribution in [1.29, 1.82) is 0 Å². The van der Waals surface area contributed by atoms with Gasteiger partial charge in [0.05, 0.1) is 17.2 Å². The highest BCUT2D eigenvalue weighted by molar-refractivity contribution is 7.99. The Morgan fingerprint density at radius 1 is 0.929 bits per heavy atom. The molecule has 0 atom stereocenters. The van der Waals surface area contributed by atoms with Crippen LogP contribution in [0.3, 0.4) is 0 Å². The Hall–Kier alpha value is -4.00. The second-order valence-corrected chi connectivity index (χ2v) is 12.4. The van der Waals surface area contributed by atoms with Crippen LogP contribution in [0.5, 0.6) is 0 Å². The molecule has 1 aromatic heterocycles. The number of para-hydroxylation sites is 1. The number of thioether (sulfide) groups is 1. The molecule has 0 aliphatic rings. The number of carbonyl (C=O) groups is 2. The number of aromatic nitrogens is 3. The summed E-state index contributed by atoms with van der Waals surface area (Å²) >= 11 is 1.24. The molecular weight excluding hydrogens is 573 g/mol. The molecule has 4 aromatic rings. The number of aryl methyl sites for hydroxylation is 2. The number of nitrogens with one attached hydrogen (secondary N) is 2. The lowest BCUT2D eigenvalue weighted by atomic mass is 10.1. The fourth-order valence-corrected chi connectivity index (χ4v) is 6.51. The van der Waals surface area contributed by atoms with E-state index < -0.39 is 10.0 Å². The van der Waals surface area contributed by atoms with E-state index in [0.29, 0.717) is 29.6 Å². The van der Waals surface area contributed by atoms with Crippen molar-refractivity contribution in [3.05, 3.63) is 95.3 Å². The molecule has 2 amide bonds. The molecule has 0 radical (unpaired) electrons. The summed E-state index contributed by atoms with van der Waals surface area (Å²) in [5, 5.41) is 14.9. The molecule has 10 nitrogen and oxygen atoms in total. The van der Waals surface area contributed by atoms with E-state index in [0.717, 1.165) is 22.5 Å². The van der Waals surface area contributed by atoms with Crippen molar-refractivity contribution in [2.75, 3.05) is 24.2 Å². The summed E-state index contributed by atoms with van der Waals surface area (Å²) in [5.41, 5.74) is 3.91. The summed E-state index contributed by atoms with van der Waals surface area (Å²) in [6.07, 6.45) is 0. The quantitative estimate of drug-likeness (QED) is 0.226. The normalized spacial score (nSPS) is 11.5. The minimum Gasteiger partial charge on any atom is -0.345 e. The molecule has 3 aromatic carbocycles. The number of nitrogens with zero attached hydrogens (tertiary/aromatic N) is 4. The van der Waals surface area contributed by atoms with Crippen LogP contribution in [0.15, 0.2) is 82.8 Å². The molecule has 0 aliphatic carbocycles. The molecule has 220 valence electrons. The van der Waals surface area contributed by atoms with Gasteiger partial charge in [-0.05, 0) is 67.4 Å². The van der Waals surface area contributed by atoms with E-state index in [-0.39, 0.29) is 29.0 Å². The van der Waals surface area contributed by atoms with Crippen LogP contribution in [0.1, 0.15) is 41.2 Å². The monoisotopic (exact) mass is 606 g/mol. The van der Waals surface area contributed by atoms with Gasteiger partial charge in [-0.3, -0.25) is 14.2 Å². The van der Waals surface area contributed by atoms with Gasteiger partial charge in [-0.25, -0.2) is 8.42 Å². The van der Waals surface area contributed by atoms with Crippen LogP contribution >= 0.6 is 11.8 Å². The number of carbonyl (C=O) groups excluding carboxylic acids is 2. The standard InChI is InChI=1S/C30H34N6O4S2/c1-5-35(6-2)42(39,40)25-16-14-23(15-17-25)29(38)31-19-27-33-34-30(36(27)24-10-8-7-9-11-24)41-20-28(37)32-26-18-21(3)12-13-22(26)4/h7-18H,5-6,19-20H2,1-4H3,(H,31,38)(H,32,37). The number of hydrogen-bond acceptors (Lipinski definition) is 7. The van der Waals surface area contributed by atoms with E-state index in [2.05, 4.69) is 20.8 Å². The van der Waals surface area contributed by atoms with Gasteiger partial charge in [-0.15, -0.1) is 10.2 Å². The van der Waals surface area contributed by atoms with Crippen molar-refractivity contribution in [2.24, 2.45) is 0 Å². The Balaban J connectivity index is 1.46. The number of hydrogen-bond donors (Lipinski definition) is 2.